The molecule has 0 fully saturated rings. The summed E-state index contributed by atoms with van der Waals surface area (Å²) < 4.78 is 34.8. The van der Waals surface area contributed by atoms with Crippen molar-refractivity contribution >= 4 is 10.1 Å². The van der Waals surface area contributed by atoms with Gasteiger partial charge in [-0.15, -0.1) is 0 Å². The molecule has 84 valence electrons. The Morgan fingerprint density at radius 3 is 2.87 bits per heavy atom. The van der Waals surface area contributed by atoms with Crippen LogP contribution in [0.2, 0.25) is 0 Å². The number of aryl methyl sites for hydroxylation is 1. The maximum absolute atomic E-state index is 10.3. The highest BCUT2D eigenvalue weighted by Gasteiger charge is 2.03. The van der Waals surface area contributed by atoms with Crippen LogP contribution in [0, 0.1) is 0 Å². The molecule has 1 aromatic rings. The molecule has 1 rings (SSSR count). The van der Waals surface area contributed by atoms with E-state index < -0.39 is 10.1 Å². The van der Waals surface area contributed by atoms with Gasteiger partial charge in [0.1, 0.15) is 18.9 Å². The van der Waals surface area contributed by atoms with Crippen LogP contribution in [0.3, 0.4) is 0 Å². The summed E-state index contributed by atoms with van der Waals surface area (Å²) in [4.78, 5) is 0. The quantitative estimate of drug-likeness (QED) is 0.389. The van der Waals surface area contributed by atoms with Crippen LogP contribution in [0.15, 0.2) is 31.4 Å². The molecule has 0 aliphatic heterocycles. The molecule has 0 radical (unpaired) electrons. The van der Waals surface area contributed by atoms with E-state index in [1.54, 1.807) is 6.08 Å². The second-order valence-corrected chi connectivity index (χ2v) is 4.78. The molecular formula is C9H14N2O3S. The molecule has 0 saturated heterocycles. The van der Waals surface area contributed by atoms with Gasteiger partial charge in [-0.2, -0.15) is 0 Å². The van der Waals surface area contributed by atoms with E-state index in [-0.39, 0.29) is 5.75 Å². The molecule has 1 heterocycles. The van der Waals surface area contributed by atoms with Crippen molar-refractivity contribution in [2.24, 2.45) is 0 Å². The zero-order valence-electron chi connectivity index (χ0n) is 8.37. The highest BCUT2D eigenvalue weighted by Crippen LogP contribution is 1.90. The first-order chi connectivity index (χ1) is 7.01. The van der Waals surface area contributed by atoms with Crippen LogP contribution in [0.4, 0.5) is 0 Å². The van der Waals surface area contributed by atoms with Gasteiger partial charge in [-0.1, -0.05) is 12.7 Å². The van der Waals surface area contributed by atoms with Crippen molar-refractivity contribution in [1.82, 2.24) is 4.57 Å². The van der Waals surface area contributed by atoms with Gasteiger partial charge in [0.05, 0.1) is 16.7 Å². The highest BCUT2D eigenvalue weighted by atomic mass is 32.2. The third-order valence-corrected chi connectivity index (χ3v) is 2.69. The van der Waals surface area contributed by atoms with Crippen molar-refractivity contribution < 1.29 is 17.5 Å². The summed E-state index contributed by atoms with van der Waals surface area (Å²) >= 11 is 0. The van der Waals surface area contributed by atoms with Crippen LogP contribution in [0.25, 0.3) is 0 Å². The van der Waals surface area contributed by atoms with Crippen LogP contribution in [0.5, 0.6) is 0 Å². The summed E-state index contributed by atoms with van der Waals surface area (Å²) in [5.41, 5.74) is 0. The smallest absolute Gasteiger partial charge is 0.244 e. The Morgan fingerprint density at radius 2 is 2.27 bits per heavy atom. The number of nitrogens with zero attached hydrogens (tertiary/aromatic N) is 2. The van der Waals surface area contributed by atoms with Crippen LogP contribution in [-0.2, 0) is 23.2 Å². The van der Waals surface area contributed by atoms with E-state index in [0.29, 0.717) is 19.5 Å². The third kappa shape index (κ3) is 4.75. The van der Waals surface area contributed by atoms with Gasteiger partial charge in [0.15, 0.2) is 0 Å². The molecule has 6 heteroatoms. The van der Waals surface area contributed by atoms with Gasteiger partial charge in [-0.05, 0) is 6.42 Å². The number of imidazole rings is 1. The molecule has 15 heavy (non-hydrogen) atoms. The number of hydrogen-bond acceptors (Lipinski definition) is 3. The second kappa shape index (κ2) is 5.09. The average molecular weight is 230 g/mol. The van der Waals surface area contributed by atoms with Crippen LogP contribution >= 0.6 is 0 Å². The normalized spacial score (nSPS) is 11.5. The van der Waals surface area contributed by atoms with E-state index in [9.17, 15) is 13.0 Å². The Hall–Kier alpha value is -1.14. The van der Waals surface area contributed by atoms with Gasteiger partial charge in [0.25, 0.3) is 0 Å². The SMILES string of the molecule is C=CCn1cc[n+](CCCS(=O)(=O)[O-])c1. The third-order valence-electron chi connectivity index (χ3n) is 1.90. The summed E-state index contributed by atoms with van der Waals surface area (Å²) in [6.07, 6.45) is 7.66. The molecule has 0 aromatic carbocycles. The molecule has 0 aliphatic rings. The van der Waals surface area contributed by atoms with Crippen molar-refractivity contribution in [2.75, 3.05) is 5.75 Å². The zero-order chi connectivity index (χ0) is 11.3. The van der Waals surface area contributed by atoms with E-state index in [1.807, 2.05) is 27.9 Å². The summed E-state index contributed by atoms with van der Waals surface area (Å²) in [5, 5.41) is 0. The van der Waals surface area contributed by atoms with Crippen molar-refractivity contribution in [1.29, 1.82) is 0 Å². The number of hydrogen-bond donors (Lipinski definition) is 0. The minimum Gasteiger partial charge on any atom is -0.748 e. The van der Waals surface area contributed by atoms with Crippen molar-refractivity contribution in [3.05, 3.63) is 31.4 Å². The van der Waals surface area contributed by atoms with E-state index in [2.05, 4.69) is 6.58 Å². The number of allylic oxidation sites excluding steroid dienone is 1. The van der Waals surface area contributed by atoms with Crippen LogP contribution in [0.1, 0.15) is 6.42 Å². The zero-order valence-corrected chi connectivity index (χ0v) is 9.19. The Morgan fingerprint density at radius 1 is 1.53 bits per heavy atom. The molecule has 1 aromatic heterocycles. The maximum atomic E-state index is 10.3. The molecule has 5 nitrogen and oxygen atoms in total. The lowest BCUT2D eigenvalue weighted by atomic mass is 10.5. The Labute approximate surface area is 89.4 Å². The molecule has 0 spiro atoms. The fourth-order valence-corrected chi connectivity index (χ4v) is 1.73. The van der Waals surface area contributed by atoms with E-state index in [0.717, 1.165) is 0 Å². The van der Waals surface area contributed by atoms with Gasteiger partial charge in [-0.25, -0.2) is 17.6 Å². The summed E-state index contributed by atoms with van der Waals surface area (Å²) in [7, 11) is -4.08. The van der Waals surface area contributed by atoms with E-state index in [4.69, 9.17) is 0 Å². The van der Waals surface area contributed by atoms with Crippen molar-refractivity contribution in [3.8, 4) is 0 Å². The van der Waals surface area contributed by atoms with Crippen LogP contribution in [-0.4, -0.2) is 23.3 Å². The fourth-order valence-electron chi connectivity index (χ4n) is 1.25. The van der Waals surface area contributed by atoms with Gasteiger partial charge in [0.2, 0.25) is 6.33 Å². The average Bonchev–Trinajstić information content (AvgIpc) is 2.51. The number of rotatable bonds is 6. The lowest BCUT2D eigenvalue weighted by Crippen LogP contribution is -2.32. The predicted octanol–water partition coefficient (Wildman–Crippen LogP) is -0.103. The highest BCUT2D eigenvalue weighted by molar-refractivity contribution is 7.85. The monoisotopic (exact) mass is 230 g/mol. The maximum Gasteiger partial charge on any atom is 0.244 e. The van der Waals surface area contributed by atoms with E-state index >= 15 is 0 Å². The Bertz CT molecular complexity index is 422. The van der Waals surface area contributed by atoms with Gasteiger partial charge < -0.3 is 4.55 Å². The lowest BCUT2D eigenvalue weighted by molar-refractivity contribution is -0.696. The molecule has 0 aliphatic carbocycles. The standard InChI is InChI=1S/C9H14N2O3S/c1-2-4-10-6-7-11(9-10)5-3-8-15(12,13)14/h2,6-7,9H,1,3-5,8H2. The largest absolute Gasteiger partial charge is 0.748 e. The lowest BCUT2D eigenvalue weighted by Gasteiger charge is -2.03. The van der Waals surface area contributed by atoms with Gasteiger partial charge in [0, 0.05) is 5.75 Å². The van der Waals surface area contributed by atoms with Gasteiger partial charge in [-0.3, -0.25) is 0 Å². The topological polar surface area (TPSA) is 66.0 Å². The summed E-state index contributed by atoms with van der Waals surface area (Å²) in [6.45, 7) is 4.86. The summed E-state index contributed by atoms with van der Waals surface area (Å²) in [6, 6.07) is 0. The fraction of sp³-hybridized carbons (Fsp3) is 0.444. The molecule has 0 atom stereocenters. The minimum atomic E-state index is -4.08. The predicted molar refractivity (Wildman–Crippen MR) is 54.0 cm³/mol. The van der Waals surface area contributed by atoms with Gasteiger partial charge >= 0.3 is 0 Å². The Kier molecular flexibility index (Phi) is 4.05. The Balaban J connectivity index is 2.41. The minimum absolute atomic E-state index is 0.313. The molecule has 0 N–H and O–H groups in total. The first-order valence-corrected chi connectivity index (χ1v) is 6.18. The van der Waals surface area contributed by atoms with Crippen LogP contribution < -0.4 is 4.57 Å². The van der Waals surface area contributed by atoms with Crippen molar-refractivity contribution in [3.63, 3.8) is 0 Å². The van der Waals surface area contributed by atoms with E-state index in [1.165, 1.54) is 0 Å². The molecule has 0 amide bonds. The van der Waals surface area contributed by atoms with Crippen molar-refractivity contribution in [2.45, 2.75) is 19.5 Å². The second-order valence-electron chi connectivity index (χ2n) is 3.25. The first kappa shape index (κ1) is 11.9. The molecule has 0 unspecified atom stereocenters. The molecule has 0 saturated carbocycles. The molecular weight excluding hydrogens is 216 g/mol. The summed E-state index contributed by atoms with van der Waals surface area (Å²) in [5.74, 6) is -0.313. The number of aromatic nitrogens is 2. The molecule has 0 bridgehead atoms. The first-order valence-electron chi connectivity index (χ1n) is 4.60.